The number of carbonyl (C=O) groups is 2. The molecule has 2 aliphatic rings. The molecule has 0 bridgehead atoms. The summed E-state index contributed by atoms with van der Waals surface area (Å²) in [5, 5.41) is 0. The van der Waals surface area contributed by atoms with Gasteiger partial charge in [0.1, 0.15) is 11.9 Å². The smallest absolute Gasteiger partial charge is 0.308 e. The Balaban J connectivity index is 1.76. The lowest BCUT2D eigenvalue weighted by atomic mass is 9.97. The van der Waals surface area contributed by atoms with E-state index in [-0.39, 0.29) is 24.0 Å². The third kappa shape index (κ3) is 2.35. The highest BCUT2D eigenvalue weighted by molar-refractivity contribution is 5.81. The maximum Gasteiger partial charge on any atom is 0.308 e. The molecular formula is C15H17NO4. The van der Waals surface area contributed by atoms with E-state index in [0.717, 1.165) is 11.3 Å². The van der Waals surface area contributed by atoms with Gasteiger partial charge >= 0.3 is 5.97 Å². The molecule has 1 aromatic carbocycles. The van der Waals surface area contributed by atoms with E-state index in [2.05, 4.69) is 0 Å². The largest absolute Gasteiger partial charge is 0.497 e. The summed E-state index contributed by atoms with van der Waals surface area (Å²) in [7, 11) is 1.62. The maximum atomic E-state index is 12.1. The molecule has 2 heterocycles. The molecule has 106 valence electrons. The predicted octanol–water partition coefficient (Wildman–Crippen LogP) is 1.50. The highest BCUT2D eigenvalue weighted by Crippen LogP contribution is 2.31. The van der Waals surface area contributed by atoms with Crippen LogP contribution < -0.4 is 4.74 Å². The zero-order valence-electron chi connectivity index (χ0n) is 11.4. The van der Waals surface area contributed by atoms with Gasteiger partial charge in [0.2, 0.25) is 5.91 Å². The lowest BCUT2D eigenvalue weighted by Gasteiger charge is -2.35. The molecule has 5 nitrogen and oxygen atoms in total. The third-order valence-corrected chi connectivity index (χ3v) is 3.96. The van der Waals surface area contributed by atoms with Gasteiger partial charge in [0, 0.05) is 13.0 Å². The Bertz CT molecular complexity index is 525. The van der Waals surface area contributed by atoms with Crippen molar-refractivity contribution in [2.24, 2.45) is 0 Å². The third-order valence-electron chi connectivity index (χ3n) is 3.96. The number of benzene rings is 1. The number of ether oxygens (including phenoxy) is 2. The van der Waals surface area contributed by atoms with Gasteiger partial charge < -0.3 is 14.4 Å². The van der Waals surface area contributed by atoms with Crippen LogP contribution in [0.3, 0.4) is 0 Å². The second-order valence-corrected chi connectivity index (χ2v) is 5.21. The number of nitrogens with zero attached hydrogens (tertiary/aromatic N) is 1. The van der Waals surface area contributed by atoms with E-state index in [1.165, 1.54) is 0 Å². The Morgan fingerprint density at radius 1 is 1.30 bits per heavy atom. The standard InChI is InChI=1S/C15H17NO4/c1-19-11-4-2-10(3-5-11)9-16-12-8-15(18)20-13(12)6-7-14(16)17/h2-5,12-13H,6-9H2,1H3/t12-,13-/m0/s1. The Labute approximate surface area is 117 Å². The fraction of sp³-hybridized carbons (Fsp3) is 0.467. The van der Waals surface area contributed by atoms with E-state index in [9.17, 15) is 9.59 Å². The first-order valence-corrected chi connectivity index (χ1v) is 6.79. The quantitative estimate of drug-likeness (QED) is 0.784. The highest BCUT2D eigenvalue weighted by atomic mass is 16.6. The van der Waals surface area contributed by atoms with E-state index in [4.69, 9.17) is 9.47 Å². The SMILES string of the molecule is COc1ccc(CN2C(=O)CC[C@@H]3OC(=O)C[C@@H]32)cc1. The van der Waals surface area contributed by atoms with Crippen molar-refractivity contribution in [3.63, 3.8) is 0 Å². The van der Waals surface area contributed by atoms with Crippen LogP contribution in [0.2, 0.25) is 0 Å². The maximum absolute atomic E-state index is 12.1. The Morgan fingerprint density at radius 2 is 2.05 bits per heavy atom. The second kappa shape index (κ2) is 5.15. The highest BCUT2D eigenvalue weighted by Gasteiger charge is 2.43. The van der Waals surface area contributed by atoms with Gasteiger partial charge in [-0.3, -0.25) is 9.59 Å². The summed E-state index contributed by atoms with van der Waals surface area (Å²) in [4.78, 5) is 25.3. The van der Waals surface area contributed by atoms with Crippen molar-refractivity contribution in [2.45, 2.75) is 38.0 Å². The van der Waals surface area contributed by atoms with Crippen LogP contribution in [-0.2, 0) is 20.9 Å². The number of esters is 1. The molecule has 1 amide bonds. The van der Waals surface area contributed by atoms with Crippen LogP contribution in [0.15, 0.2) is 24.3 Å². The van der Waals surface area contributed by atoms with Crippen molar-refractivity contribution in [3.8, 4) is 5.75 Å². The molecule has 0 aromatic heterocycles. The first-order valence-electron chi connectivity index (χ1n) is 6.79. The molecule has 3 rings (SSSR count). The normalized spacial score (nSPS) is 25.4. The lowest BCUT2D eigenvalue weighted by molar-refractivity contribution is -0.147. The number of rotatable bonds is 3. The number of hydrogen-bond donors (Lipinski definition) is 0. The Hall–Kier alpha value is -2.04. The van der Waals surface area contributed by atoms with Gasteiger partial charge in [0.25, 0.3) is 0 Å². The van der Waals surface area contributed by atoms with Crippen LogP contribution >= 0.6 is 0 Å². The molecule has 0 radical (unpaired) electrons. The van der Waals surface area contributed by atoms with Crippen molar-refractivity contribution in [1.82, 2.24) is 4.90 Å². The lowest BCUT2D eigenvalue weighted by Crippen LogP contribution is -2.48. The molecule has 2 saturated heterocycles. The van der Waals surface area contributed by atoms with Gasteiger partial charge in [-0.1, -0.05) is 12.1 Å². The predicted molar refractivity (Wildman–Crippen MR) is 71.1 cm³/mol. The van der Waals surface area contributed by atoms with Gasteiger partial charge in [-0.05, 0) is 24.1 Å². The van der Waals surface area contributed by atoms with Gasteiger partial charge in [0.15, 0.2) is 0 Å². The molecule has 1 aromatic rings. The number of hydrogen-bond acceptors (Lipinski definition) is 4. The summed E-state index contributed by atoms with van der Waals surface area (Å²) in [6.45, 7) is 0.515. The molecule has 5 heteroatoms. The summed E-state index contributed by atoms with van der Waals surface area (Å²) in [5.41, 5.74) is 1.03. The van der Waals surface area contributed by atoms with Crippen LogP contribution in [0.1, 0.15) is 24.8 Å². The summed E-state index contributed by atoms with van der Waals surface area (Å²) >= 11 is 0. The number of carbonyl (C=O) groups excluding carboxylic acids is 2. The molecule has 2 aliphatic heterocycles. The topological polar surface area (TPSA) is 55.8 Å². The number of piperidine rings is 1. The minimum atomic E-state index is -0.200. The van der Waals surface area contributed by atoms with Gasteiger partial charge in [0.05, 0.1) is 19.6 Å². The van der Waals surface area contributed by atoms with Crippen molar-refractivity contribution >= 4 is 11.9 Å². The minimum Gasteiger partial charge on any atom is -0.497 e. The summed E-state index contributed by atoms with van der Waals surface area (Å²) in [6.07, 6.45) is 1.28. The number of likely N-dealkylation sites (tertiary alicyclic amines) is 1. The van der Waals surface area contributed by atoms with E-state index in [0.29, 0.717) is 25.8 Å². The van der Waals surface area contributed by atoms with Crippen LogP contribution in [0.25, 0.3) is 0 Å². The molecule has 0 spiro atoms. The second-order valence-electron chi connectivity index (χ2n) is 5.21. The zero-order valence-corrected chi connectivity index (χ0v) is 11.4. The molecule has 0 unspecified atom stereocenters. The molecule has 0 aliphatic carbocycles. The molecule has 0 N–H and O–H groups in total. The van der Waals surface area contributed by atoms with Crippen LogP contribution in [0.4, 0.5) is 0 Å². The van der Waals surface area contributed by atoms with Crippen molar-refractivity contribution in [1.29, 1.82) is 0 Å². The molecule has 2 fully saturated rings. The van der Waals surface area contributed by atoms with E-state index < -0.39 is 0 Å². The van der Waals surface area contributed by atoms with Crippen molar-refractivity contribution in [2.75, 3.05) is 7.11 Å². The van der Waals surface area contributed by atoms with Gasteiger partial charge in [-0.2, -0.15) is 0 Å². The number of methoxy groups -OCH3 is 1. The fourth-order valence-corrected chi connectivity index (χ4v) is 2.89. The van der Waals surface area contributed by atoms with Gasteiger partial charge in [-0.15, -0.1) is 0 Å². The van der Waals surface area contributed by atoms with Crippen molar-refractivity contribution in [3.05, 3.63) is 29.8 Å². The average Bonchev–Trinajstić information content (AvgIpc) is 2.84. The summed E-state index contributed by atoms with van der Waals surface area (Å²) < 4.78 is 10.4. The number of amides is 1. The summed E-state index contributed by atoms with van der Waals surface area (Å²) in [5.74, 6) is 0.686. The Morgan fingerprint density at radius 3 is 2.75 bits per heavy atom. The van der Waals surface area contributed by atoms with Gasteiger partial charge in [-0.25, -0.2) is 0 Å². The zero-order chi connectivity index (χ0) is 14.1. The molecular weight excluding hydrogens is 258 g/mol. The average molecular weight is 275 g/mol. The van der Waals surface area contributed by atoms with Crippen LogP contribution in [-0.4, -0.2) is 36.0 Å². The monoisotopic (exact) mass is 275 g/mol. The van der Waals surface area contributed by atoms with Crippen LogP contribution in [0, 0.1) is 0 Å². The minimum absolute atomic E-state index is 0.0976. The molecule has 2 atom stereocenters. The number of fused-ring (bicyclic) bond motifs is 1. The fourth-order valence-electron chi connectivity index (χ4n) is 2.89. The van der Waals surface area contributed by atoms with E-state index in [1.54, 1.807) is 12.0 Å². The molecule has 20 heavy (non-hydrogen) atoms. The van der Waals surface area contributed by atoms with Crippen LogP contribution in [0.5, 0.6) is 5.75 Å². The van der Waals surface area contributed by atoms with E-state index >= 15 is 0 Å². The summed E-state index contributed by atoms with van der Waals surface area (Å²) in [6, 6.07) is 7.52. The van der Waals surface area contributed by atoms with E-state index in [1.807, 2.05) is 24.3 Å². The van der Waals surface area contributed by atoms with Crippen molar-refractivity contribution < 1.29 is 19.1 Å². The first kappa shape index (κ1) is 13.0. The first-order chi connectivity index (χ1) is 9.67. The Kier molecular flexibility index (Phi) is 3.34. The molecule has 0 saturated carbocycles.